The van der Waals surface area contributed by atoms with Gasteiger partial charge >= 0.3 is 0 Å². The SMILES string of the molecule is CC(O)(CO)CNC1C2CCOC2C1(C)C. The van der Waals surface area contributed by atoms with Gasteiger partial charge in [0.05, 0.1) is 18.3 Å². The van der Waals surface area contributed by atoms with Crippen LogP contribution < -0.4 is 5.32 Å². The molecule has 4 nitrogen and oxygen atoms in total. The fourth-order valence-electron chi connectivity index (χ4n) is 3.12. The Morgan fingerprint density at radius 3 is 2.81 bits per heavy atom. The Kier molecular flexibility index (Phi) is 3.03. The Morgan fingerprint density at radius 2 is 2.19 bits per heavy atom. The molecule has 0 bridgehead atoms. The molecule has 0 amide bonds. The molecule has 4 unspecified atom stereocenters. The fourth-order valence-corrected chi connectivity index (χ4v) is 3.12. The normalized spacial score (nSPS) is 39.9. The first-order valence-electron chi connectivity index (χ1n) is 6.07. The topological polar surface area (TPSA) is 61.7 Å². The van der Waals surface area contributed by atoms with Gasteiger partial charge in [-0.15, -0.1) is 0 Å². The predicted octanol–water partition coefficient (Wildman–Crippen LogP) is 0.133. The van der Waals surface area contributed by atoms with Crippen LogP contribution in [0, 0.1) is 11.3 Å². The highest BCUT2D eigenvalue weighted by molar-refractivity contribution is 5.11. The molecule has 0 aromatic heterocycles. The molecule has 3 N–H and O–H groups in total. The van der Waals surface area contributed by atoms with Gasteiger partial charge in [-0.05, 0) is 13.3 Å². The minimum absolute atomic E-state index is 0.132. The summed E-state index contributed by atoms with van der Waals surface area (Å²) in [6.07, 6.45) is 1.47. The summed E-state index contributed by atoms with van der Waals surface area (Å²) in [6.45, 7) is 7.12. The van der Waals surface area contributed by atoms with E-state index in [2.05, 4.69) is 19.2 Å². The van der Waals surface area contributed by atoms with Crippen LogP contribution in [0.15, 0.2) is 0 Å². The molecule has 4 heteroatoms. The van der Waals surface area contributed by atoms with E-state index in [-0.39, 0.29) is 12.0 Å². The van der Waals surface area contributed by atoms with E-state index in [1.165, 1.54) is 0 Å². The molecule has 94 valence electrons. The molecule has 0 radical (unpaired) electrons. The maximum atomic E-state index is 9.76. The Labute approximate surface area is 97.0 Å². The van der Waals surface area contributed by atoms with Gasteiger partial charge in [0, 0.05) is 30.5 Å². The third-order valence-corrected chi connectivity index (χ3v) is 4.14. The van der Waals surface area contributed by atoms with E-state index in [9.17, 15) is 5.11 Å². The van der Waals surface area contributed by atoms with Gasteiger partial charge in [-0.3, -0.25) is 0 Å². The van der Waals surface area contributed by atoms with Crippen molar-refractivity contribution in [3.8, 4) is 0 Å². The van der Waals surface area contributed by atoms with Crippen LogP contribution in [0.5, 0.6) is 0 Å². The van der Waals surface area contributed by atoms with Crippen molar-refractivity contribution in [2.45, 2.75) is 44.9 Å². The van der Waals surface area contributed by atoms with Gasteiger partial charge in [-0.1, -0.05) is 13.8 Å². The first-order chi connectivity index (χ1) is 7.38. The minimum Gasteiger partial charge on any atom is -0.393 e. The van der Waals surface area contributed by atoms with Crippen LogP contribution in [0.1, 0.15) is 27.2 Å². The first-order valence-corrected chi connectivity index (χ1v) is 6.07. The quantitative estimate of drug-likeness (QED) is 0.641. The molecule has 1 saturated carbocycles. The van der Waals surface area contributed by atoms with Gasteiger partial charge in [0.25, 0.3) is 0 Å². The molecule has 0 spiro atoms. The zero-order valence-electron chi connectivity index (χ0n) is 10.4. The van der Waals surface area contributed by atoms with E-state index in [0.717, 1.165) is 13.0 Å². The molecule has 0 aromatic carbocycles. The molecule has 16 heavy (non-hydrogen) atoms. The van der Waals surface area contributed by atoms with Gasteiger partial charge in [-0.25, -0.2) is 0 Å². The number of aliphatic hydroxyl groups excluding tert-OH is 1. The van der Waals surface area contributed by atoms with Crippen molar-refractivity contribution in [3.05, 3.63) is 0 Å². The van der Waals surface area contributed by atoms with E-state index >= 15 is 0 Å². The average molecular weight is 229 g/mol. The van der Waals surface area contributed by atoms with E-state index in [1.54, 1.807) is 6.92 Å². The highest BCUT2D eigenvalue weighted by Crippen LogP contribution is 2.52. The molecule has 4 atom stereocenters. The van der Waals surface area contributed by atoms with Gasteiger partial charge in [0.1, 0.15) is 0 Å². The predicted molar refractivity (Wildman–Crippen MR) is 61.1 cm³/mol. The summed E-state index contributed by atoms with van der Waals surface area (Å²) in [5, 5.41) is 22.1. The Balaban J connectivity index is 1.91. The second kappa shape index (κ2) is 3.95. The zero-order chi connectivity index (χ0) is 12.0. The van der Waals surface area contributed by atoms with Crippen LogP contribution >= 0.6 is 0 Å². The van der Waals surface area contributed by atoms with Gasteiger partial charge in [0.2, 0.25) is 0 Å². The third-order valence-electron chi connectivity index (χ3n) is 4.14. The summed E-state index contributed by atoms with van der Waals surface area (Å²) >= 11 is 0. The second-order valence-electron chi connectivity index (χ2n) is 6.08. The number of fused-ring (bicyclic) bond motifs is 1. The summed E-state index contributed by atoms with van der Waals surface area (Å²) in [5.41, 5.74) is -0.896. The number of hydrogen-bond acceptors (Lipinski definition) is 4. The number of rotatable bonds is 4. The Morgan fingerprint density at radius 1 is 1.50 bits per heavy atom. The summed E-state index contributed by atoms with van der Waals surface area (Å²) in [5.74, 6) is 0.574. The number of aliphatic hydroxyl groups is 2. The summed E-state index contributed by atoms with van der Waals surface area (Å²) in [7, 11) is 0. The number of ether oxygens (including phenoxy) is 1. The Bertz CT molecular complexity index is 265. The average Bonchev–Trinajstić information content (AvgIpc) is 2.64. The van der Waals surface area contributed by atoms with Crippen molar-refractivity contribution in [1.82, 2.24) is 5.32 Å². The van der Waals surface area contributed by atoms with Crippen molar-refractivity contribution in [1.29, 1.82) is 0 Å². The number of hydrogen-bond donors (Lipinski definition) is 3. The second-order valence-corrected chi connectivity index (χ2v) is 6.08. The van der Waals surface area contributed by atoms with Crippen molar-refractivity contribution >= 4 is 0 Å². The molecule has 1 heterocycles. The van der Waals surface area contributed by atoms with Crippen molar-refractivity contribution < 1.29 is 14.9 Å². The summed E-state index contributed by atoms with van der Waals surface area (Å²) in [6, 6.07) is 0.387. The van der Waals surface area contributed by atoms with Crippen LogP contribution in [-0.2, 0) is 4.74 Å². The standard InChI is InChI=1S/C12H23NO3/c1-11(2)9(8-4-5-16-10(8)11)13-6-12(3,15)7-14/h8-10,13-15H,4-7H2,1-3H3. The molecule has 1 aliphatic carbocycles. The third kappa shape index (κ3) is 1.88. The molecule has 0 aromatic rings. The molecular formula is C12H23NO3. The van der Waals surface area contributed by atoms with Gasteiger partial charge < -0.3 is 20.3 Å². The lowest BCUT2D eigenvalue weighted by Crippen LogP contribution is -2.67. The van der Waals surface area contributed by atoms with Crippen molar-refractivity contribution in [3.63, 3.8) is 0 Å². The Hall–Kier alpha value is -0.160. The van der Waals surface area contributed by atoms with Crippen molar-refractivity contribution in [2.24, 2.45) is 11.3 Å². The van der Waals surface area contributed by atoms with E-state index < -0.39 is 5.60 Å². The maximum Gasteiger partial charge on any atom is 0.0972 e. The van der Waals surface area contributed by atoms with E-state index in [4.69, 9.17) is 9.84 Å². The monoisotopic (exact) mass is 229 g/mol. The molecular weight excluding hydrogens is 206 g/mol. The highest BCUT2D eigenvalue weighted by Gasteiger charge is 2.59. The highest BCUT2D eigenvalue weighted by atomic mass is 16.5. The lowest BCUT2D eigenvalue weighted by Gasteiger charge is -2.55. The first kappa shape index (κ1) is 12.3. The lowest BCUT2D eigenvalue weighted by molar-refractivity contribution is -0.118. The van der Waals surface area contributed by atoms with Crippen LogP contribution in [0.25, 0.3) is 0 Å². The van der Waals surface area contributed by atoms with Crippen LogP contribution in [0.3, 0.4) is 0 Å². The minimum atomic E-state index is -1.03. The van der Waals surface area contributed by atoms with E-state index in [1.807, 2.05) is 0 Å². The largest absolute Gasteiger partial charge is 0.393 e. The maximum absolute atomic E-state index is 9.76. The molecule has 2 fully saturated rings. The summed E-state index contributed by atoms with van der Waals surface area (Å²) in [4.78, 5) is 0. The zero-order valence-corrected chi connectivity index (χ0v) is 10.4. The smallest absolute Gasteiger partial charge is 0.0972 e. The number of nitrogens with one attached hydrogen (secondary N) is 1. The van der Waals surface area contributed by atoms with Crippen LogP contribution in [0.4, 0.5) is 0 Å². The van der Waals surface area contributed by atoms with Crippen molar-refractivity contribution in [2.75, 3.05) is 19.8 Å². The lowest BCUT2D eigenvalue weighted by atomic mass is 9.57. The summed E-state index contributed by atoms with van der Waals surface area (Å²) < 4.78 is 5.70. The van der Waals surface area contributed by atoms with E-state index in [0.29, 0.717) is 24.6 Å². The van der Waals surface area contributed by atoms with Gasteiger partial charge in [0.15, 0.2) is 0 Å². The fraction of sp³-hybridized carbons (Fsp3) is 1.00. The molecule has 1 aliphatic heterocycles. The molecule has 2 rings (SSSR count). The van der Waals surface area contributed by atoms with Gasteiger partial charge in [-0.2, -0.15) is 0 Å². The van der Waals surface area contributed by atoms with Crippen LogP contribution in [-0.4, -0.2) is 47.7 Å². The molecule has 1 saturated heterocycles. The molecule has 2 aliphatic rings. The van der Waals surface area contributed by atoms with Crippen LogP contribution in [0.2, 0.25) is 0 Å².